The Bertz CT molecular complexity index is 1170. The van der Waals surface area contributed by atoms with Gasteiger partial charge in [0.15, 0.2) is 0 Å². The van der Waals surface area contributed by atoms with E-state index >= 15 is 0 Å². The summed E-state index contributed by atoms with van der Waals surface area (Å²) in [6.45, 7) is 2.83. The van der Waals surface area contributed by atoms with Crippen LogP contribution in [0.25, 0.3) is 5.57 Å². The summed E-state index contributed by atoms with van der Waals surface area (Å²) < 4.78 is 11.5. The molecule has 5 nitrogen and oxygen atoms in total. The topological polar surface area (TPSA) is 54.8 Å². The van der Waals surface area contributed by atoms with Gasteiger partial charge in [-0.25, -0.2) is 0 Å². The second kappa shape index (κ2) is 9.18. The summed E-state index contributed by atoms with van der Waals surface area (Å²) in [7, 11) is 1.67. The molecule has 1 saturated heterocycles. The molecule has 3 heterocycles. The van der Waals surface area contributed by atoms with Crippen molar-refractivity contribution in [2.24, 2.45) is 0 Å². The Morgan fingerprint density at radius 1 is 1.12 bits per heavy atom. The third kappa shape index (κ3) is 4.49. The van der Waals surface area contributed by atoms with E-state index < -0.39 is 5.60 Å². The van der Waals surface area contributed by atoms with Gasteiger partial charge in [-0.2, -0.15) is 0 Å². The van der Waals surface area contributed by atoms with Crippen molar-refractivity contribution in [3.05, 3.63) is 94.3 Å². The van der Waals surface area contributed by atoms with E-state index in [1.807, 2.05) is 48.5 Å². The van der Waals surface area contributed by atoms with E-state index in [1.54, 1.807) is 13.3 Å². The van der Waals surface area contributed by atoms with E-state index in [9.17, 15) is 5.11 Å². The fourth-order valence-electron chi connectivity index (χ4n) is 4.66. The SMILES string of the molecule is COc1ccc2c(c1)/C(=C/CN1CCC(O)(c3ccc(Cl)cc3)CC1)c1cccnc1CO2. The first-order valence-electron chi connectivity index (χ1n) is 11.2. The second-order valence-corrected chi connectivity index (χ2v) is 9.04. The maximum atomic E-state index is 11.2. The average Bonchev–Trinajstić information content (AvgIpc) is 3.00. The van der Waals surface area contributed by atoms with E-state index in [0.717, 1.165) is 59.1 Å². The van der Waals surface area contributed by atoms with Crippen LogP contribution in [-0.4, -0.2) is 41.7 Å². The van der Waals surface area contributed by atoms with Crippen molar-refractivity contribution in [3.63, 3.8) is 0 Å². The third-order valence-electron chi connectivity index (χ3n) is 6.64. The lowest BCUT2D eigenvalue weighted by Gasteiger charge is -2.38. The first kappa shape index (κ1) is 22.0. The summed E-state index contributed by atoms with van der Waals surface area (Å²) in [5, 5.41) is 11.9. The van der Waals surface area contributed by atoms with Gasteiger partial charge < -0.3 is 14.6 Å². The number of aromatic nitrogens is 1. The highest BCUT2D eigenvalue weighted by atomic mass is 35.5. The average molecular weight is 463 g/mol. The van der Waals surface area contributed by atoms with Crippen LogP contribution < -0.4 is 9.47 Å². The first-order chi connectivity index (χ1) is 16.1. The molecule has 33 heavy (non-hydrogen) atoms. The van der Waals surface area contributed by atoms with Crippen molar-refractivity contribution in [2.75, 3.05) is 26.7 Å². The van der Waals surface area contributed by atoms with Crippen molar-refractivity contribution < 1.29 is 14.6 Å². The standard InChI is InChI=1S/C27H27ClN2O3/c1-32-21-8-9-26-24(17-21)22(23-3-2-13-29-25(23)18-33-26)10-14-30-15-11-27(31,12-16-30)19-4-6-20(28)7-5-19/h2-10,13,17,31H,11-12,14-16,18H2,1H3/b22-10+. The largest absolute Gasteiger partial charge is 0.497 e. The fourth-order valence-corrected chi connectivity index (χ4v) is 4.78. The Morgan fingerprint density at radius 2 is 1.91 bits per heavy atom. The first-order valence-corrected chi connectivity index (χ1v) is 11.6. The van der Waals surface area contributed by atoms with Crippen LogP contribution >= 0.6 is 11.6 Å². The van der Waals surface area contributed by atoms with Crippen LogP contribution in [-0.2, 0) is 12.2 Å². The predicted molar refractivity (Wildman–Crippen MR) is 130 cm³/mol. The highest BCUT2D eigenvalue weighted by Gasteiger charge is 2.33. The number of fused-ring (bicyclic) bond motifs is 2. The molecule has 0 aliphatic carbocycles. The molecule has 1 fully saturated rings. The number of likely N-dealkylation sites (tertiary alicyclic amines) is 1. The Morgan fingerprint density at radius 3 is 2.67 bits per heavy atom. The van der Waals surface area contributed by atoms with Crippen LogP contribution in [0.15, 0.2) is 66.9 Å². The van der Waals surface area contributed by atoms with E-state index in [0.29, 0.717) is 24.5 Å². The lowest BCUT2D eigenvalue weighted by atomic mass is 9.84. The zero-order valence-electron chi connectivity index (χ0n) is 18.6. The number of halogens is 1. The number of nitrogens with zero attached hydrogens (tertiary/aromatic N) is 2. The van der Waals surface area contributed by atoms with Crippen LogP contribution in [0.4, 0.5) is 0 Å². The van der Waals surface area contributed by atoms with Crippen LogP contribution in [0.3, 0.4) is 0 Å². The van der Waals surface area contributed by atoms with Gasteiger partial charge >= 0.3 is 0 Å². The molecular formula is C27H27ClN2O3. The van der Waals surface area contributed by atoms with Gasteiger partial charge in [0, 0.05) is 42.0 Å². The Balaban J connectivity index is 1.39. The minimum absolute atomic E-state index is 0.435. The molecule has 170 valence electrons. The van der Waals surface area contributed by atoms with Gasteiger partial charge in [0.25, 0.3) is 0 Å². The second-order valence-electron chi connectivity index (χ2n) is 8.61. The van der Waals surface area contributed by atoms with Crippen molar-refractivity contribution in [1.82, 2.24) is 9.88 Å². The van der Waals surface area contributed by atoms with Gasteiger partial charge in [-0.3, -0.25) is 9.88 Å². The molecule has 0 amide bonds. The minimum Gasteiger partial charge on any atom is -0.497 e. The quantitative estimate of drug-likeness (QED) is 0.588. The lowest BCUT2D eigenvalue weighted by molar-refractivity contribution is -0.0233. The number of rotatable bonds is 4. The third-order valence-corrected chi connectivity index (χ3v) is 6.89. The maximum Gasteiger partial charge on any atom is 0.131 e. The smallest absolute Gasteiger partial charge is 0.131 e. The Labute approximate surface area is 199 Å². The number of ether oxygens (including phenoxy) is 2. The van der Waals surface area contributed by atoms with Gasteiger partial charge in [-0.15, -0.1) is 0 Å². The molecule has 5 rings (SSSR count). The van der Waals surface area contributed by atoms with Crippen molar-refractivity contribution in [1.29, 1.82) is 0 Å². The number of hydrogen-bond acceptors (Lipinski definition) is 5. The van der Waals surface area contributed by atoms with Gasteiger partial charge in [0.05, 0.1) is 18.4 Å². The van der Waals surface area contributed by atoms with Crippen molar-refractivity contribution >= 4 is 17.2 Å². The minimum atomic E-state index is -0.805. The fraction of sp³-hybridized carbons (Fsp3) is 0.296. The molecule has 2 aliphatic heterocycles. The van der Waals surface area contributed by atoms with E-state index in [2.05, 4.69) is 22.0 Å². The number of hydrogen-bond donors (Lipinski definition) is 1. The van der Waals surface area contributed by atoms with Gasteiger partial charge in [0.2, 0.25) is 0 Å². The number of pyridine rings is 1. The summed E-state index contributed by atoms with van der Waals surface area (Å²) >= 11 is 6.02. The van der Waals surface area contributed by atoms with Crippen LogP contribution in [0.2, 0.25) is 5.02 Å². The normalized spacial score (nSPS) is 18.7. The molecule has 0 radical (unpaired) electrons. The van der Waals surface area contributed by atoms with Gasteiger partial charge in [0.1, 0.15) is 18.1 Å². The lowest BCUT2D eigenvalue weighted by Crippen LogP contribution is -2.42. The van der Waals surface area contributed by atoms with Crippen molar-refractivity contribution in [2.45, 2.75) is 25.0 Å². The molecule has 1 N–H and O–H groups in total. The Kier molecular flexibility index (Phi) is 6.11. The molecule has 2 aromatic carbocycles. The molecular weight excluding hydrogens is 436 g/mol. The summed E-state index contributed by atoms with van der Waals surface area (Å²) in [6, 6.07) is 17.5. The molecule has 0 spiro atoms. The summed E-state index contributed by atoms with van der Waals surface area (Å²) in [4.78, 5) is 6.93. The number of benzene rings is 2. The molecule has 0 saturated carbocycles. The summed E-state index contributed by atoms with van der Waals surface area (Å²) in [5.41, 5.74) is 4.25. The van der Waals surface area contributed by atoms with Crippen molar-refractivity contribution in [3.8, 4) is 11.5 Å². The Hall–Kier alpha value is -2.86. The van der Waals surface area contributed by atoms with Crippen LogP contribution in [0.5, 0.6) is 11.5 Å². The highest BCUT2D eigenvalue weighted by Crippen LogP contribution is 2.38. The van der Waals surface area contributed by atoms with Gasteiger partial charge in [-0.05, 0) is 60.4 Å². The van der Waals surface area contributed by atoms with Crippen LogP contribution in [0.1, 0.15) is 35.2 Å². The van der Waals surface area contributed by atoms with E-state index in [1.165, 1.54) is 0 Å². The van der Waals surface area contributed by atoms with Gasteiger partial charge in [-0.1, -0.05) is 35.9 Å². The van der Waals surface area contributed by atoms with E-state index in [4.69, 9.17) is 21.1 Å². The number of aliphatic hydroxyl groups is 1. The maximum absolute atomic E-state index is 11.2. The number of methoxy groups -OCH3 is 1. The molecule has 0 unspecified atom stereocenters. The summed E-state index contributed by atoms with van der Waals surface area (Å²) in [5.74, 6) is 1.62. The summed E-state index contributed by atoms with van der Waals surface area (Å²) in [6.07, 6.45) is 5.42. The molecule has 0 atom stereocenters. The van der Waals surface area contributed by atoms with Crippen LogP contribution in [0, 0.1) is 0 Å². The zero-order chi connectivity index (χ0) is 22.8. The molecule has 1 aromatic heterocycles. The molecule has 6 heteroatoms. The molecule has 2 aliphatic rings. The number of piperidine rings is 1. The predicted octanol–water partition coefficient (Wildman–Crippen LogP) is 5.05. The molecule has 3 aromatic rings. The molecule has 0 bridgehead atoms. The monoisotopic (exact) mass is 462 g/mol. The zero-order valence-corrected chi connectivity index (χ0v) is 19.4. The highest BCUT2D eigenvalue weighted by molar-refractivity contribution is 6.30. The van der Waals surface area contributed by atoms with E-state index in [-0.39, 0.29) is 0 Å².